The Labute approximate surface area is 133 Å². The van der Waals surface area contributed by atoms with Gasteiger partial charge in [-0.1, -0.05) is 55.0 Å². The molecule has 0 spiro atoms. The number of hydrogen-bond acceptors (Lipinski definition) is 2. The van der Waals surface area contributed by atoms with Gasteiger partial charge in [0.1, 0.15) is 0 Å². The van der Waals surface area contributed by atoms with Crippen molar-refractivity contribution in [3.63, 3.8) is 0 Å². The molecule has 0 saturated heterocycles. The largest absolute Gasteiger partial charge is 0.223 e. The third-order valence-corrected chi connectivity index (χ3v) is 6.98. The van der Waals surface area contributed by atoms with E-state index in [0.29, 0.717) is 10.8 Å². The molecule has 22 heavy (non-hydrogen) atoms. The SMILES string of the molecule is O=S(=O)(c1ccccc1)C1CCCC(c2ccccc2)CC1. The van der Waals surface area contributed by atoms with Crippen molar-refractivity contribution in [1.82, 2.24) is 0 Å². The van der Waals surface area contributed by atoms with Crippen molar-refractivity contribution >= 4 is 9.84 Å². The van der Waals surface area contributed by atoms with Crippen molar-refractivity contribution < 1.29 is 8.42 Å². The van der Waals surface area contributed by atoms with Crippen molar-refractivity contribution in [3.05, 3.63) is 66.2 Å². The Hall–Kier alpha value is -1.61. The summed E-state index contributed by atoms with van der Waals surface area (Å²) in [6, 6.07) is 19.4. The Bertz CT molecular complexity index is 693. The first kappa shape index (κ1) is 15.3. The molecular formula is C19H22O2S. The molecular weight excluding hydrogens is 292 g/mol. The summed E-state index contributed by atoms with van der Waals surface area (Å²) < 4.78 is 25.6. The van der Waals surface area contributed by atoms with Gasteiger partial charge in [-0.15, -0.1) is 0 Å². The predicted octanol–water partition coefficient (Wildman–Crippen LogP) is 4.58. The van der Waals surface area contributed by atoms with E-state index < -0.39 is 9.84 Å². The second-order valence-corrected chi connectivity index (χ2v) is 8.32. The molecule has 116 valence electrons. The van der Waals surface area contributed by atoms with E-state index in [1.165, 1.54) is 5.56 Å². The van der Waals surface area contributed by atoms with Crippen molar-refractivity contribution in [2.45, 2.75) is 48.2 Å². The number of hydrogen-bond donors (Lipinski definition) is 0. The zero-order valence-corrected chi connectivity index (χ0v) is 13.5. The minimum absolute atomic E-state index is 0.233. The van der Waals surface area contributed by atoms with Crippen LogP contribution in [0.3, 0.4) is 0 Å². The molecule has 2 nitrogen and oxygen atoms in total. The Balaban J connectivity index is 1.76. The van der Waals surface area contributed by atoms with Gasteiger partial charge < -0.3 is 0 Å². The molecule has 1 aliphatic rings. The topological polar surface area (TPSA) is 34.1 Å². The fourth-order valence-corrected chi connectivity index (χ4v) is 5.28. The van der Waals surface area contributed by atoms with Crippen molar-refractivity contribution in [1.29, 1.82) is 0 Å². The maximum atomic E-state index is 12.8. The molecule has 3 rings (SSSR count). The molecule has 2 unspecified atom stereocenters. The third kappa shape index (κ3) is 3.25. The molecule has 0 heterocycles. The van der Waals surface area contributed by atoms with Crippen molar-refractivity contribution in [2.75, 3.05) is 0 Å². The van der Waals surface area contributed by atoms with Crippen LogP contribution < -0.4 is 0 Å². The second kappa shape index (κ2) is 6.66. The van der Waals surface area contributed by atoms with Gasteiger partial charge in [-0.05, 0) is 49.3 Å². The second-order valence-electron chi connectivity index (χ2n) is 6.10. The van der Waals surface area contributed by atoms with E-state index >= 15 is 0 Å². The molecule has 0 amide bonds. The molecule has 2 aromatic carbocycles. The lowest BCUT2D eigenvalue weighted by Crippen LogP contribution is -2.20. The van der Waals surface area contributed by atoms with E-state index in [-0.39, 0.29) is 5.25 Å². The lowest BCUT2D eigenvalue weighted by molar-refractivity contribution is 0.560. The fraction of sp³-hybridized carbons (Fsp3) is 0.368. The van der Waals surface area contributed by atoms with Crippen LogP contribution in [-0.4, -0.2) is 13.7 Å². The van der Waals surface area contributed by atoms with Gasteiger partial charge in [0.05, 0.1) is 10.1 Å². The van der Waals surface area contributed by atoms with E-state index in [1.54, 1.807) is 24.3 Å². The van der Waals surface area contributed by atoms with Crippen molar-refractivity contribution in [3.8, 4) is 0 Å². The van der Waals surface area contributed by atoms with Crippen LogP contribution in [-0.2, 0) is 9.84 Å². The molecule has 0 bridgehead atoms. The summed E-state index contributed by atoms with van der Waals surface area (Å²) in [5, 5.41) is -0.233. The number of rotatable bonds is 3. The zero-order valence-electron chi connectivity index (χ0n) is 12.7. The first-order chi connectivity index (χ1) is 10.7. The lowest BCUT2D eigenvalue weighted by atomic mass is 9.92. The minimum atomic E-state index is -3.19. The normalized spacial score (nSPS) is 22.9. The van der Waals surface area contributed by atoms with Gasteiger partial charge in [0.25, 0.3) is 0 Å². The summed E-state index contributed by atoms with van der Waals surface area (Å²) in [4.78, 5) is 0.471. The maximum absolute atomic E-state index is 12.8. The van der Waals surface area contributed by atoms with Gasteiger partial charge in [0.15, 0.2) is 9.84 Å². The Kier molecular flexibility index (Phi) is 4.63. The highest BCUT2D eigenvalue weighted by atomic mass is 32.2. The summed E-state index contributed by atoms with van der Waals surface area (Å²) in [5.74, 6) is 0.497. The molecule has 1 aliphatic carbocycles. The molecule has 0 N–H and O–H groups in total. The third-order valence-electron chi connectivity index (χ3n) is 4.70. The van der Waals surface area contributed by atoms with Crippen LogP contribution in [0.4, 0.5) is 0 Å². The molecule has 0 radical (unpaired) electrons. The fourth-order valence-electron chi connectivity index (χ4n) is 3.44. The highest BCUT2D eigenvalue weighted by Crippen LogP contribution is 2.35. The molecule has 1 saturated carbocycles. The van der Waals surface area contributed by atoms with Gasteiger partial charge in [-0.2, -0.15) is 0 Å². The molecule has 0 aromatic heterocycles. The zero-order chi connectivity index (χ0) is 15.4. The van der Waals surface area contributed by atoms with Crippen LogP contribution >= 0.6 is 0 Å². The van der Waals surface area contributed by atoms with E-state index in [9.17, 15) is 8.42 Å². The van der Waals surface area contributed by atoms with Crippen LogP contribution in [0.2, 0.25) is 0 Å². The number of sulfone groups is 1. The molecule has 0 aliphatic heterocycles. The van der Waals surface area contributed by atoms with E-state index in [1.807, 2.05) is 12.1 Å². The van der Waals surface area contributed by atoms with Crippen LogP contribution in [0.25, 0.3) is 0 Å². The van der Waals surface area contributed by atoms with Crippen molar-refractivity contribution in [2.24, 2.45) is 0 Å². The first-order valence-corrected chi connectivity index (χ1v) is 9.56. The van der Waals surface area contributed by atoms with Crippen LogP contribution in [0.15, 0.2) is 65.6 Å². The minimum Gasteiger partial charge on any atom is -0.223 e. The van der Waals surface area contributed by atoms with Gasteiger partial charge in [-0.3, -0.25) is 0 Å². The van der Waals surface area contributed by atoms with E-state index in [2.05, 4.69) is 24.3 Å². The summed E-state index contributed by atoms with van der Waals surface area (Å²) in [7, 11) is -3.19. The first-order valence-electron chi connectivity index (χ1n) is 8.02. The van der Waals surface area contributed by atoms with E-state index in [4.69, 9.17) is 0 Å². The summed E-state index contributed by atoms with van der Waals surface area (Å²) >= 11 is 0. The van der Waals surface area contributed by atoms with E-state index in [0.717, 1.165) is 32.1 Å². The summed E-state index contributed by atoms with van der Waals surface area (Å²) in [6.07, 6.45) is 4.57. The predicted molar refractivity (Wildman–Crippen MR) is 89.7 cm³/mol. The number of benzene rings is 2. The summed E-state index contributed by atoms with van der Waals surface area (Å²) in [5.41, 5.74) is 1.35. The van der Waals surface area contributed by atoms with Crippen LogP contribution in [0.1, 0.15) is 43.6 Å². The highest BCUT2D eigenvalue weighted by molar-refractivity contribution is 7.92. The molecule has 3 heteroatoms. The van der Waals surface area contributed by atoms with Gasteiger partial charge >= 0.3 is 0 Å². The van der Waals surface area contributed by atoms with Gasteiger partial charge in [0.2, 0.25) is 0 Å². The quantitative estimate of drug-likeness (QED) is 0.777. The Morgan fingerprint density at radius 1 is 0.727 bits per heavy atom. The maximum Gasteiger partial charge on any atom is 0.181 e. The Morgan fingerprint density at radius 2 is 1.36 bits per heavy atom. The standard InChI is InChI=1S/C19H22O2S/c20-22(21,18-11-5-2-6-12-18)19-13-7-10-17(14-15-19)16-8-3-1-4-9-16/h1-6,8-9,11-12,17,19H,7,10,13-15H2. The molecule has 2 aromatic rings. The smallest absolute Gasteiger partial charge is 0.181 e. The van der Waals surface area contributed by atoms with Crippen LogP contribution in [0.5, 0.6) is 0 Å². The average molecular weight is 314 g/mol. The lowest BCUT2D eigenvalue weighted by Gasteiger charge is -2.16. The Morgan fingerprint density at radius 3 is 2.05 bits per heavy atom. The molecule has 2 atom stereocenters. The van der Waals surface area contributed by atoms with Gasteiger partial charge in [-0.25, -0.2) is 8.42 Å². The molecule has 1 fully saturated rings. The van der Waals surface area contributed by atoms with Gasteiger partial charge in [0, 0.05) is 0 Å². The average Bonchev–Trinajstić information content (AvgIpc) is 2.83. The van der Waals surface area contributed by atoms with Crippen LogP contribution in [0, 0.1) is 0 Å². The monoisotopic (exact) mass is 314 g/mol. The highest BCUT2D eigenvalue weighted by Gasteiger charge is 2.30. The summed E-state index contributed by atoms with van der Waals surface area (Å²) in [6.45, 7) is 0.